The van der Waals surface area contributed by atoms with Crippen LogP contribution in [0.2, 0.25) is 0 Å². The Morgan fingerprint density at radius 1 is 1.29 bits per heavy atom. The van der Waals surface area contributed by atoms with Crippen molar-refractivity contribution in [2.45, 2.75) is 53.5 Å². The molecule has 0 aliphatic rings. The quantitative estimate of drug-likeness (QED) is 0.745. The zero-order chi connectivity index (χ0) is 13.6. The van der Waals surface area contributed by atoms with E-state index < -0.39 is 0 Å². The number of carbonyl (C=O) groups excluding carboxylic acids is 1. The van der Waals surface area contributed by atoms with Gasteiger partial charge in [-0.1, -0.05) is 46.8 Å². The minimum absolute atomic E-state index is 0.0758. The molecule has 0 spiro atoms. The highest BCUT2D eigenvalue weighted by atomic mass is 32.1. The Labute approximate surface area is 111 Å². The largest absolute Gasteiger partial charge is 0.381 e. The van der Waals surface area contributed by atoms with Crippen molar-refractivity contribution in [2.24, 2.45) is 11.3 Å². The first-order valence-electron chi connectivity index (χ1n) is 6.19. The minimum atomic E-state index is -0.109. The second kappa shape index (κ2) is 6.94. The fourth-order valence-electron chi connectivity index (χ4n) is 1.47. The van der Waals surface area contributed by atoms with Crippen molar-refractivity contribution in [3.8, 4) is 0 Å². The number of thiocarbonyl (C=S) groups is 1. The summed E-state index contributed by atoms with van der Waals surface area (Å²) in [5, 5.41) is 5.98. The van der Waals surface area contributed by atoms with Gasteiger partial charge < -0.3 is 10.6 Å². The summed E-state index contributed by atoms with van der Waals surface area (Å²) in [5.41, 5.74) is -0.0758. The summed E-state index contributed by atoms with van der Waals surface area (Å²) in [5.74, 6) is 0.626. The van der Waals surface area contributed by atoms with Gasteiger partial charge in [0.15, 0.2) is 0 Å². The van der Waals surface area contributed by atoms with Gasteiger partial charge in [0.25, 0.3) is 0 Å². The van der Waals surface area contributed by atoms with Gasteiger partial charge in [-0.2, -0.15) is 0 Å². The normalized spacial score (nSPS) is 13.4. The highest BCUT2D eigenvalue weighted by molar-refractivity contribution is 7.80. The molecule has 0 aromatic heterocycles. The molecule has 0 unspecified atom stereocenters. The van der Waals surface area contributed by atoms with E-state index in [-0.39, 0.29) is 17.4 Å². The predicted octanol–water partition coefficient (Wildman–Crippen LogP) is 2.50. The summed E-state index contributed by atoms with van der Waals surface area (Å²) in [6.07, 6.45) is 1.48. The zero-order valence-electron chi connectivity index (χ0n) is 11.9. The molecule has 0 radical (unpaired) electrons. The van der Waals surface area contributed by atoms with Crippen LogP contribution in [0.4, 0.5) is 0 Å². The molecule has 0 aliphatic heterocycles. The van der Waals surface area contributed by atoms with Crippen LogP contribution < -0.4 is 10.6 Å². The molecule has 17 heavy (non-hydrogen) atoms. The highest BCUT2D eigenvalue weighted by Crippen LogP contribution is 2.20. The summed E-state index contributed by atoms with van der Waals surface area (Å²) in [6.45, 7) is 10.5. The number of hydrogen-bond acceptors (Lipinski definition) is 2. The number of carbonyl (C=O) groups is 1. The maximum atomic E-state index is 11.8. The SMILES string of the molecule is CNC(=S)[C@@H](NC(=O)CCC(C)C)C(C)(C)C. The Morgan fingerprint density at radius 3 is 2.18 bits per heavy atom. The topological polar surface area (TPSA) is 41.1 Å². The summed E-state index contributed by atoms with van der Waals surface area (Å²) < 4.78 is 0. The van der Waals surface area contributed by atoms with Crippen LogP contribution in [0.1, 0.15) is 47.5 Å². The lowest BCUT2D eigenvalue weighted by molar-refractivity contribution is -0.122. The minimum Gasteiger partial charge on any atom is -0.381 e. The molecule has 0 aliphatic carbocycles. The molecule has 0 heterocycles. The van der Waals surface area contributed by atoms with E-state index in [1.807, 2.05) is 0 Å². The molecule has 3 nitrogen and oxygen atoms in total. The van der Waals surface area contributed by atoms with Crippen LogP contribution in [0.5, 0.6) is 0 Å². The van der Waals surface area contributed by atoms with Crippen LogP contribution in [0.25, 0.3) is 0 Å². The fraction of sp³-hybridized carbons (Fsp3) is 0.846. The van der Waals surface area contributed by atoms with Gasteiger partial charge in [-0.15, -0.1) is 0 Å². The lowest BCUT2D eigenvalue weighted by Gasteiger charge is -2.32. The van der Waals surface area contributed by atoms with E-state index in [4.69, 9.17) is 12.2 Å². The third-order valence-electron chi connectivity index (χ3n) is 2.63. The average Bonchev–Trinajstić information content (AvgIpc) is 2.20. The molecule has 1 amide bonds. The number of amides is 1. The molecule has 100 valence electrons. The average molecular weight is 258 g/mol. The summed E-state index contributed by atoms with van der Waals surface area (Å²) in [4.78, 5) is 12.5. The van der Waals surface area contributed by atoms with Crippen LogP contribution in [0.3, 0.4) is 0 Å². The highest BCUT2D eigenvalue weighted by Gasteiger charge is 2.29. The van der Waals surface area contributed by atoms with Crippen LogP contribution >= 0.6 is 12.2 Å². The van der Waals surface area contributed by atoms with Gasteiger partial charge in [0, 0.05) is 13.5 Å². The monoisotopic (exact) mass is 258 g/mol. The summed E-state index contributed by atoms with van der Waals surface area (Å²) in [6, 6.07) is -0.109. The van der Waals surface area contributed by atoms with Crippen molar-refractivity contribution < 1.29 is 4.79 Å². The molecular formula is C13H26N2OS. The molecule has 0 saturated heterocycles. The third kappa shape index (κ3) is 6.61. The first-order valence-corrected chi connectivity index (χ1v) is 6.60. The number of nitrogens with one attached hydrogen (secondary N) is 2. The van der Waals surface area contributed by atoms with E-state index in [1.165, 1.54) is 0 Å². The predicted molar refractivity (Wildman–Crippen MR) is 77.1 cm³/mol. The Morgan fingerprint density at radius 2 is 1.82 bits per heavy atom. The molecule has 0 bridgehead atoms. The van der Waals surface area contributed by atoms with Crippen LogP contribution in [0.15, 0.2) is 0 Å². The van der Waals surface area contributed by atoms with E-state index >= 15 is 0 Å². The summed E-state index contributed by atoms with van der Waals surface area (Å²) >= 11 is 5.25. The van der Waals surface area contributed by atoms with Crippen molar-refractivity contribution in [3.05, 3.63) is 0 Å². The van der Waals surface area contributed by atoms with Crippen molar-refractivity contribution in [1.29, 1.82) is 0 Å². The Balaban J connectivity index is 4.45. The van der Waals surface area contributed by atoms with Gasteiger partial charge in [-0.05, 0) is 17.8 Å². The van der Waals surface area contributed by atoms with E-state index in [0.717, 1.165) is 6.42 Å². The zero-order valence-corrected chi connectivity index (χ0v) is 12.7. The Hall–Kier alpha value is -0.640. The fourth-order valence-corrected chi connectivity index (χ4v) is 1.89. The van der Waals surface area contributed by atoms with Crippen molar-refractivity contribution >= 4 is 23.1 Å². The van der Waals surface area contributed by atoms with Gasteiger partial charge in [0.05, 0.1) is 11.0 Å². The Bertz CT molecular complexity index is 269. The molecule has 2 N–H and O–H groups in total. The van der Waals surface area contributed by atoms with Crippen LogP contribution in [-0.4, -0.2) is 24.0 Å². The lowest BCUT2D eigenvalue weighted by Crippen LogP contribution is -2.52. The number of rotatable bonds is 5. The first kappa shape index (κ1) is 16.4. The maximum absolute atomic E-state index is 11.8. The first-order chi connectivity index (χ1) is 7.68. The van der Waals surface area contributed by atoms with Crippen molar-refractivity contribution in [3.63, 3.8) is 0 Å². The molecule has 0 fully saturated rings. The molecule has 1 atom stereocenters. The Kier molecular flexibility index (Phi) is 6.68. The molecule has 4 heteroatoms. The lowest BCUT2D eigenvalue weighted by atomic mass is 9.86. The molecular weight excluding hydrogens is 232 g/mol. The van der Waals surface area contributed by atoms with E-state index in [2.05, 4.69) is 45.3 Å². The smallest absolute Gasteiger partial charge is 0.220 e. The molecule has 0 aromatic carbocycles. The van der Waals surface area contributed by atoms with E-state index in [1.54, 1.807) is 7.05 Å². The second-order valence-electron chi connectivity index (χ2n) is 5.91. The van der Waals surface area contributed by atoms with Crippen molar-refractivity contribution in [2.75, 3.05) is 7.05 Å². The third-order valence-corrected chi connectivity index (χ3v) is 3.07. The van der Waals surface area contributed by atoms with Crippen LogP contribution in [-0.2, 0) is 4.79 Å². The van der Waals surface area contributed by atoms with Gasteiger partial charge in [-0.25, -0.2) is 0 Å². The van der Waals surface area contributed by atoms with E-state index in [0.29, 0.717) is 17.3 Å². The van der Waals surface area contributed by atoms with Crippen molar-refractivity contribution in [1.82, 2.24) is 10.6 Å². The van der Waals surface area contributed by atoms with Gasteiger partial charge in [0.1, 0.15) is 0 Å². The maximum Gasteiger partial charge on any atom is 0.220 e. The van der Waals surface area contributed by atoms with Gasteiger partial charge in [-0.3, -0.25) is 4.79 Å². The number of hydrogen-bond donors (Lipinski definition) is 2. The van der Waals surface area contributed by atoms with Gasteiger partial charge in [0.2, 0.25) is 5.91 Å². The molecule has 0 rings (SSSR count). The summed E-state index contributed by atoms with van der Waals surface area (Å²) in [7, 11) is 1.79. The second-order valence-corrected chi connectivity index (χ2v) is 6.35. The number of likely N-dealkylation sites (N-methyl/N-ethyl adjacent to an activating group) is 1. The molecule has 0 aromatic rings. The van der Waals surface area contributed by atoms with E-state index in [9.17, 15) is 4.79 Å². The standard InChI is InChI=1S/C13H26N2OS/c1-9(2)7-8-10(16)15-11(12(17)14-6)13(3,4)5/h9,11H,7-8H2,1-6H3,(H,14,17)(H,15,16)/t11-/m1/s1. The van der Waals surface area contributed by atoms with Crippen LogP contribution in [0, 0.1) is 11.3 Å². The van der Waals surface area contributed by atoms with Gasteiger partial charge >= 0.3 is 0 Å². The molecule has 0 saturated carbocycles.